The van der Waals surface area contributed by atoms with Crippen LogP contribution >= 0.6 is 43.5 Å². The first-order valence-corrected chi connectivity index (χ1v) is 19.2. The molecule has 0 heterocycles. The summed E-state index contributed by atoms with van der Waals surface area (Å²) in [6.07, 6.45) is 0. The number of ketones is 4. The van der Waals surface area contributed by atoms with Gasteiger partial charge in [-0.15, -0.1) is 0 Å². The number of carbonyl (C=O) groups is 4. The molecule has 0 aliphatic heterocycles. The number of carbonyl (C=O) groups excluding carboxylic acids is 4. The Bertz CT molecular complexity index is 1430. The van der Waals surface area contributed by atoms with Crippen LogP contribution < -0.4 is 0 Å². The summed E-state index contributed by atoms with van der Waals surface area (Å²) in [6, 6.07) is 31.7. The van der Waals surface area contributed by atoms with Gasteiger partial charge in [-0.25, -0.2) is 8.61 Å². The van der Waals surface area contributed by atoms with Gasteiger partial charge >= 0.3 is 0 Å². The molecule has 0 atom stereocenters. The van der Waals surface area contributed by atoms with Crippen LogP contribution in [0.2, 0.25) is 0 Å². The van der Waals surface area contributed by atoms with Crippen molar-refractivity contribution in [2.75, 3.05) is 26.2 Å². The molecular weight excluding hydrogens is 711 g/mol. The molecule has 0 spiro atoms. The van der Waals surface area contributed by atoms with Crippen LogP contribution in [0, 0.1) is 0 Å². The van der Waals surface area contributed by atoms with E-state index in [1.807, 2.05) is 36.4 Å². The van der Waals surface area contributed by atoms with Crippen LogP contribution in [0.4, 0.5) is 0 Å². The van der Waals surface area contributed by atoms with E-state index in [4.69, 9.17) is 0 Å². The summed E-state index contributed by atoms with van der Waals surface area (Å²) in [4.78, 5) is 50.9. The van der Waals surface area contributed by atoms with Gasteiger partial charge in [0.25, 0.3) is 0 Å². The van der Waals surface area contributed by atoms with Crippen molar-refractivity contribution in [3.8, 4) is 0 Å². The van der Waals surface area contributed by atoms with Crippen LogP contribution in [0.5, 0.6) is 0 Å². The predicted octanol–water partition coefficient (Wildman–Crippen LogP) is 9.50. The zero-order valence-corrected chi connectivity index (χ0v) is 31.0. The molecule has 0 amide bonds. The number of nitrogens with zero attached hydrogens (tertiary/aromatic N) is 2. The molecule has 0 bridgehead atoms. The third kappa shape index (κ3) is 13.1. The third-order valence-corrected chi connectivity index (χ3v) is 12.0. The fourth-order valence-corrected chi connectivity index (χ4v) is 8.26. The minimum absolute atomic E-state index is 0. The molecule has 4 rings (SSSR count). The van der Waals surface area contributed by atoms with E-state index in [2.05, 4.69) is 36.3 Å². The average molecular weight is 750 g/mol. The summed E-state index contributed by atoms with van der Waals surface area (Å²) in [5, 5.41) is 0. The molecular formula is C36H38N2NiO4S4. The van der Waals surface area contributed by atoms with Crippen molar-refractivity contribution in [1.29, 1.82) is 0 Å². The minimum atomic E-state index is -0.469. The number of hydrogen-bond donors (Lipinski definition) is 0. The van der Waals surface area contributed by atoms with Crippen molar-refractivity contribution in [3.05, 3.63) is 131 Å². The van der Waals surface area contributed by atoms with E-state index in [0.717, 1.165) is 36.0 Å². The zero-order chi connectivity index (χ0) is 33.3. The number of hydrogen-bond acceptors (Lipinski definition) is 10. The van der Waals surface area contributed by atoms with Gasteiger partial charge in [-0.3, -0.25) is 19.2 Å². The van der Waals surface area contributed by atoms with E-state index >= 15 is 0 Å². The van der Waals surface area contributed by atoms with E-state index < -0.39 is 23.1 Å². The molecule has 0 aliphatic rings. The number of rotatable bonds is 16. The average Bonchev–Trinajstić information content (AvgIpc) is 3.12. The Morgan fingerprint density at radius 1 is 0.426 bits per heavy atom. The van der Waals surface area contributed by atoms with Gasteiger partial charge in [-0.1, -0.05) is 88.4 Å². The summed E-state index contributed by atoms with van der Waals surface area (Å²) in [5.41, 5.74) is 1.70. The fourth-order valence-electron chi connectivity index (χ4n) is 3.88. The van der Waals surface area contributed by atoms with Gasteiger partial charge in [-0.05, 0) is 92.1 Å². The van der Waals surface area contributed by atoms with Gasteiger partial charge in [0.1, 0.15) is 0 Å². The van der Waals surface area contributed by atoms with Gasteiger partial charge in [-0.2, -0.15) is 0 Å². The van der Waals surface area contributed by atoms with Gasteiger partial charge < -0.3 is 0 Å². The molecule has 0 aromatic heterocycles. The predicted molar refractivity (Wildman–Crippen MR) is 196 cm³/mol. The van der Waals surface area contributed by atoms with Crippen LogP contribution in [0.15, 0.2) is 119 Å². The largest absolute Gasteiger partial charge is 0.285 e. The van der Waals surface area contributed by atoms with E-state index in [9.17, 15) is 19.2 Å². The smallest absolute Gasteiger partial charge is 0.233 e. The molecule has 4 aromatic rings. The Hall–Kier alpha value is -2.63. The number of Topliss-reactive ketones (excluding diaryl/α,β-unsaturated/α-hetero) is 4. The van der Waals surface area contributed by atoms with Crippen molar-refractivity contribution < 1.29 is 35.7 Å². The standard InChI is InChI=1S/2C18H19NO2S2.Ni/c2*1-3-19(4-2)23-22-16-12-10-15(11-13-16)18(21)17(20)14-8-6-5-7-9-14;/h2*5-13H,3-4H2,1-2H3;. The van der Waals surface area contributed by atoms with Crippen molar-refractivity contribution in [3.63, 3.8) is 0 Å². The van der Waals surface area contributed by atoms with E-state index in [1.54, 1.807) is 116 Å². The Morgan fingerprint density at radius 3 is 0.936 bits per heavy atom. The molecule has 4 aromatic carbocycles. The molecule has 0 radical (unpaired) electrons. The molecule has 0 N–H and O–H groups in total. The summed E-state index contributed by atoms with van der Waals surface area (Å²) >= 11 is 0. The van der Waals surface area contributed by atoms with Crippen molar-refractivity contribution in [1.82, 2.24) is 8.61 Å². The normalized spacial score (nSPS) is 10.5. The molecule has 0 fully saturated rings. The van der Waals surface area contributed by atoms with Gasteiger partial charge in [0.15, 0.2) is 0 Å². The summed E-state index contributed by atoms with van der Waals surface area (Å²) in [6.45, 7) is 12.4. The Balaban J connectivity index is 0.000000320. The second-order valence-electron chi connectivity index (χ2n) is 9.64. The van der Waals surface area contributed by atoms with Crippen LogP contribution in [0.3, 0.4) is 0 Å². The Morgan fingerprint density at radius 2 is 0.681 bits per heavy atom. The molecule has 0 saturated carbocycles. The zero-order valence-electron chi connectivity index (χ0n) is 26.7. The second-order valence-corrected chi connectivity index (χ2v) is 14.1. The van der Waals surface area contributed by atoms with Gasteiger partial charge in [0.05, 0.1) is 0 Å². The monoisotopic (exact) mass is 748 g/mol. The SMILES string of the molecule is CCN(CC)SSc1ccc(C(=O)C(=O)c2ccccc2)cc1.CCN(CC)SSc1ccc(C(=O)C(=O)c2ccccc2)cc1.[Ni]. The first kappa shape index (κ1) is 40.5. The Labute approximate surface area is 304 Å². The van der Waals surface area contributed by atoms with Crippen LogP contribution in [-0.4, -0.2) is 57.9 Å². The maximum Gasteiger partial charge on any atom is 0.233 e. The van der Waals surface area contributed by atoms with E-state index in [1.165, 1.54) is 0 Å². The first-order valence-electron chi connectivity index (χ1n) is 15.0. The van der Waals surface area contributed by atoms with E-state index in [0.29, 0.717) is 22.3 Å². The minimum Gasteiger partial charge on any atom is -0.285 e. The molecule has 250 valence electrons. The quantitative estimate of drug-likeness (QED) is 0.0364. The molecule has 47 heavy (non-hydrogen) atoms. The van der Waals surface area contributed by atoms with Crippen LogP contribution in [0.25, 0.3) is 0 Å². The maximum absolute atomic E-state index is 12.2. The van der Waals surface area contributed by atoms with E-state index in [-0.39, 0.29) is 16.5 Å². The van der Waals surface area contributed by atoms with Crippen molar-refractivity contribution >= 4 is 66.7 Å². The number of benzene rings is 4. The summed E-state index contributed by atoms with van der Waals surface area (Å²) in [5.74, 6) is -1.87. The molecule has 11 heteroatoms. The molecule has 0 saturated heterocycles. The fraction of sp³-hybridized carbons (Fsp3) is 0.222. The van der Waals surface area contributed by atoms with Gasteiger partial charge in [0.2, 0.25) is 23.1 Å². The molecule has 0 unspecified atom stereocenters. The first-order chi connectivity index (χ1) is 22.3. The molecule has 6 nitrogen and oxygen atoms in total. The van der Waals surface area contributed by atoms with Gasteiger partial charge in [0, 0.05) is 74.7 Å². The Kier molecular flexibility index (Phi) is 19.1. The summed E-state index contributed by atoms with van der Waals surface area (Å²) < 4.78 is 4.48. The van der Waals surface area contributed by atoms with Crippen LogP contribution in [-0.2, 0) is 16.5 Å². The maximum atomic E-state index is 12.2. The second kappa shape index (κ2) is 22.1. The molecule has 0 aliphatic carbocycles. The third-order valence-electron chi connectivity index (χ3n) is 6.61. The van der Waals surface area contributed by atoms with Crippen molar-refractivity contribution in [2.45, 2.75) is 37.5 Å². The summed E-state index contributed by atoms with van der Waals surface area (Å²) in [7, 11) is 6.68. The van der Waals surface area contributed by atoms with Crippen molar-refractivity contribution in [2.24, 2.45) is 0 Å². The topological polar surface area (TPSA) is 74.8 Å². The van der Waals surface area contributed by atoms with Crippen LogP contribution in [0.1, 0.15) is 69.1 Å².